The topological polar surface area (TPSA) is 69.6 Å². The molecule has 0 fully saturated rings. The lowest BCUT2D eigenvalue weighted by Crippen LogP contribution is -2.38. The van der Waals surface area contributed by atoms with Crippen LogP contribution in [0.3, 0.4) is 0 Å². The quantitative estimate of drug-likeness (QED) is 0.578. The number of hydrazine groups is 1. The third-order valence-electron chi connectivity index (χ3n) is 3.31. The molecule has 0 spiro atoms. The number of rotatable bonds is 8. The molecule has 0 heterocycles. The van der Waals surface area contributed by atoms with Gasteiger partial charge in [-0.25, -0.2) is 0 Å². The first kappa shape index (κ1) is 16.5. The summed E-state index contributed by atoms with van der Waals surface area (Å²) in [6.07, 6.45) is 1.44. The molecule has 0 aliphatic heterocycles. The standard InChI is InChI=1S/C18H20N2O3/c21-17(13-7-8-14-18(22)23)19-20(15-9-3-1-4-10-15)16-11-5-2-6-12-16/h1-6,9-12H,7-8,13-14H2,(H,19,21)(H,22,23). The van der Waals surface area contributed by atoms with Gasteiger partial charge in [0.25, 0.3) is 0 Å². The molecule has 5 nitrogen and oxygen atoms in total. The molecule has 0 saturated carbocycles. The average molecular weight is 312 g/mol. The third-order valence-corrected chi connectivity index (χ3v) is 3.31. The fraction of sp³-hybridized carbons (Fsp3) is 0.222. The second-order valence-electron chi connectivity index (χ2n) is 5.14. The summed E-state index contributed by atoms with van der Waals surface area (Å²) in [6, 6.07) is 19.1. The third kappa shape index (κ3) is 5.47. The Kier molecular flexibility index (Phi) is 6.17. The van der Waals surface area contributed by atoms with Gasteiger partial charge >= 0.3 is 5.97 Å². The van der Waals surface area contributed by atoms with E-state index >= 15 is 0 Å². The lowest BCUT2D eigenvalue weighted by Gasteiger charge is -2.25. The zero-order valence-electron chi connectivity index (χ0n) is 12.8. The Hall–Kier alpha value is -2.82. The zero-order chi connectivity index (χ0) is 16.5. The molecule has 1 amide bonds. The van der Waals surface area contributed by atoms with Crippen molar-refractivity contribution in [3.8, 4) is 0 Å². The van der Waals surface area contributed by atoms with E-state index in [4.69, 9.17) is 5.11 Å². The Morgan fingerprint density at radius 2 is 1.30 bits per heavy atom. The van der Waals surface area contributed by atoms with Gasteiger partial charge in [-0.05, 0) is 37.1 Å². The molecule has 5 heteroatoms. The monoisotopic (exact) mass is 312 g/mol. The van der Waals surface area contributed by atoms with Crippen molar-refractivity contribution in [3.63, 3.8) is 0 Å². The van der Waals surface area contributed by atoms with Crippen LogP contribution >= 0.6 is 0 Å². The van der Waals surface area contributed by atoms with Crippen LogP contribution in [-0.4, -0.2) is 17.0 Å². The van der Waals surface area contributed by atoms with Crippen LogP contribution in [0.1, 0.15) is 25.7 Å². The lowest BCUT2D eigenvalue weighted by molar-refractivity contribution is -0.137. The SMILES string of the molecule is O=C(O)CCCCC(=O)NN(c1ccccc1)c1ccccc1. The molecular weight excluding hydrogens is 292 g/mol. The molecule has 0 aromatic heterocycles. The van der Waals surface area contributed by atoms with Gasteiger partial charge in [0.1, 0.15) is 0 Å². The van der Waals surface area contributed by atoms with Crippen LogP contribution in [0.5, 0.6) is 0 Å². The van der Waals surface area contributed by atoms with Gasteiger partial charge in [0, 0.05) is 12.8 Å². The predicted molar refractivity (Wildman–Crippen MR) is 89.3 cm³/mol. The molecule has 2 aromatic rings. The number of hydrogen-bond acceptors (Lipinski definition) is 3. The summed E-state index contributed by atoms with van der Waals surface area (Å²) < 4.78 is 0. The number of hydrogen-bond donors (Lipinski definition) is 2. The number of nitrogens with one attached hydrogen (secondary N) is 1. The maximum atomic E-state index is 12.1. The fourth-order valence-corrected chi connectivity index (χ4v) is 2.17. The van der Waals surface area contributed by atoms with Crippen molar-refractivity contribution in [2.24, 2.45) is 0 Å². The van der Waals surface area contributed by atoms with E-state index in [1.165, 1.54) is 0 Å². The summed E-state index contributed by atoms with van der Waals surface area (Å²) in [5, 5.41) is 10.3. The van der Waals surface area contributed by atoms with Crippen molar-refractivity contribution in [1.29, 1.82) is 0 Å². The first-order valence-electron chi connectivity index (χ1n) is 7.58. The summed E-state index contributed by atoms with van der Waals surface area (Å²) in [5.74, 6) is -0.969. The molecule has 0 saturated heterocycles. The number of carboxylic acid groups (broad SMARTS) is 1. The van der Waals surface area contributed by atoms with Crippen LogP contribution < -0.4 is 10.4 Å². The van der Waals surface area contributed by atoms with Crippen LogP contribution in [0.25, 0.3) is 0 Å². The van der Waals surface area contributed by atoms with Gasteiger partial charge in [0.15, 0.2) is 0 Å². The van der Waals surface area contributed by atoms with E-state index in [-0.39, 0.29) is 12.3 Å². The molecule has 2 N–H and O–H groups in total. The molecule has 0 bridgehead atoms. The summed E-state index contributed by atoms with van der Waals surface area (Å²) in [6.45, 7) is 0. The number of amides is 1. The number of nitrogens with zero attached hydrogens (tertiary/aromatic N) is 1. The van der Waals surface area contributed by atoms with Crippen molar-refractivity contribution in [1.82, 2.24) is 5.43 Å². The molecule has 23 heavy (non-hydrogen) atoms. The Bertz CT molecular complexity index is 590. The molecule has 0 radical (unpaired) electrons. The number of carbonyl (C=O) groups excluding carboxylic acids is 1. The first-order valence-corrected chi connectivity index (χ1v) is 7.58. The van der Waals surface area contributed by atoms with Gasteiger partial charge < -0.3 is 5.11 Å². The number of para-hydroxylation sites is 2. The van der Waals surface area contributed by atoms with E-state index in [2.05, 4.69) is 5.43 Å². The Morgan fingerprint density at radius 3 is 1.78 bits per heavy atom. The number of carboxylic acids is 1. The Morgan fingerprint density at radius 1 is 0.826 bits per heavy atom. The predicted octanol–water partition coefficient (Wildman–Crippen LogP) is 3.50. The van der Waals surface area contributed by atoms with E-state index in [0.717, 1.165) is 11.4 Å². The summed E-state index contributed by atoms with van der Waals surface area (Å²) in [7, 11) is 0. The fourth-order valence-electron chi connectivity index (χ4n) is 2.17. The number of carbonyl (C=O) groups is 2. The van der Waals surface area contributed by atoms with Gasteiger partial charge in [-0.3, -0.25) is 20.0 Å². The van der Waals surface area contributed by atoms with Crippen molar-refractivity contribution < 1.29 is 14.7 Å². The molecule has 0 aliphatic rings. The minimum absolute atomic E-state index is 0.0916. The normalized spacial score (nSPS) is 10.1. The van der Waals surface area contributed by atoms with Gasteiger partial charge in [0.05, 0.1) is 11.4 Å². The Balaban J connectivity index is 2.01. The molecular formula is C18H20N2O3. The van der Waals surface area contributed by atoms with E-state index in [1.807, 2.05) is 60.7 Å². The summed E-state index contributed by atoms with van der Waals surface area (Å²) in [5.41, 5.74) is 4.60. The van der Waals surface area contributed by atoms with E-state index < -0.39 is 5.97 Å². The van der Waals surface area contributed by atoms with Crippen LogP contribution in [-0.2, 0) is 9.59 Å². The van der Waals surface area contributed by atoms with Crippen LogP contribution in [0.2, 0.25) is 0 Å². The van der Waals surface area contributed by atoms with Crippen molar-refractivity contribution in [2.45, 2.75) is 25.7 Å². The van der Waals surface area contributed by atoms with Gasteiger partial charge in [0.2, 0.25) is 5.91 Å². The highest BCUT2D eigenvalue weighted by atomic mass is 16.4. The highest BCUT2D eigenvalue weighted by Crippen LogP contribution is 2.22. The lowest BCUT2D eigenvalue weighted by atomic mass is 10.2. The highest BCUT2D eigenvalue weighted by Gasteiger charge is 2.12. The highest BCUT2D eigenvalue weighted by molar-refractivity contribution is 5.80. The minimum atomic E-state index is -0.833. The first-order chi connectivity index (χ1) is 11.2. The van der Waals surface area contributed by atoms with Crippen molar-refractivity contribution >= 4 is 23.3 Å². The molecule has 0 aliphatic carbocycles. The average Bonchev–Trinajstić information content (AvgIpc) is 2.58. The van der Waals surface area contributed by atoms with Crippen molar-refractivity contribution in [3.05, 3.63) is 60.7 Å². The van der Waals surface area contributed by atoms with E-state index in [1.54, 1.807) is 5.01 Å². The van der Waals surface area contributed by atoms with Gasteiger partial charge in [-0.1, -0.05) is 36.4 Å². The molecule has 2 aromatic carbocycles. The van der Waals surface area contributed by atoms with Crippen LogP contribution in [0.4, 0.5) is 11.4 Å². The number of anilines is 2. The zero-order valence-corrected chi connectivity index (χ0v) is 12.8. The summed E-state index contributed by atoms with van der Waals surface area (Å²) >= 11 is 0. The van der Waals surface area contributed by atoms with Gasteiger partial charge in [-0.15, -0.1) is 0 Å². The maximum Gasteiger partial charge on any atom is 0.303 e. The number of benzene rings is 2. The van der Waals surface area contributed by atoms with E-state index in [0.29, 0.717) is 19.3 Å². The van der Waals surface area contributed by atoms with Crippen LogP contribution in [0, 0.1) is 0 Å². The largest absolute Gasteiger partial charge is 0.481 e. The van der Waals surface area contributed by atoms with Crippen molar-refractivity contribution in [2.75, 3.05) is 5.01 Å². The second kappa shape index (κ2) is 8.58. The molecule has 0 unspecified atom stereocenters. The summed E-state index contributed by atoms with van der Waals surface area (Å²) in [4.78, 5) is 22.6. The second-order valence-corrected chi connectivity index (χ2v) is 5.14. The molecule has 2 rings (SSSR count). The number of aliphatic carboxylic acids is 1. The molecule has 0 atom stereocenters. The van der Waals surface area contributed by atoms with Gasteiger partial charge in [-0.2, -0.15) is 0 Å². The minimum Gasteiger partial charge on any atom is -0.481 e. The van der Waals surface area contributed by atoms with E-state index in [9.17, 15) is 9.59 Å². The smallest absolute Gasteiger partial charge is 0.303 e. The Labute approximate surface area is 135 Å². The maximum absolute atomic E-state index is 12.1. The van der Waals surface area contributed by atoms with Crippen LogP contribution in [0.15, 0.2) is 60.7 Å². The molecule has 120 valence electrons. The number of unbranched alkanes of at least 4 members (excludes halogenated alkanes) is 1.